The van der Waals surface area contributed by atoms with E-state index < -0.39 is 11.9 Å². The minimum absolute atomic E-state index is 0.0400. The quantitative estimate of drug-likeness (QED) is 0.864. The van der Waals surface area contributed by atoms with E-state index in [2.05, 4.69) is 15.6 Å². The van der Waals surface area contributed by atoms with Crippen LogP contribution in [0.1, 0.15) is 32.6 Å². The molecule has 7 heteroatoms. The second kappa shape index (κ2) is 7.13. The van der Waals surface area contributed by atoms with Crippen LogP contribution in [0.25, 0.3) is 10.9 Å². The van der Waals surface area contributed by atoms with E-state index >= 15 is 0 Å². The van der Waals surface area contributed by atoms with Gasteiger partial charge in [0.1, 0.15) is 6.54 Å². The normalized spacial score (nSPS) is 24.7. The molecule has 4 atom stereocenters. The second-order valence-corrected chi connectivity index (χ2v) is 7.84. The molecule has 2 N–H and O–H groups in total. The van der Waals surface area contributed by atoms with Crippen LogP contribution in [-0.4, -0.2) is 27.5 Å². The smallest absolute Gasteiger partial charge is 0.321 e. The van der Waals surface area contributed by atoms with Crippen molar-refractivity contribution in [1.82, 2.24) is 20.2 Å². The van der Waals surface area contributed by atoms with E-state index in [0.29, 0.717) is 22.7 Å². The molecule has 2 aliphatic rings. The molecule has 4 rings (SSSR count). The van der Waals surface area contributed by atoms with Crippen LogP contribution in [0.15, 0.2) is 35.4 Å². The van der Waals surface area contributed by atoms with Gasteiger partial charge >= 0.3 is 6.03 Å². The van der Waals surface area contributed by atoms with E-state index in [0.717, 1.165) is 12.3 Å². The zero-order valence-electron chi connectivity index (χ0n) is 15.4. The molecule has 0 unspecified atom stereocenters. The zero-order chi connectivity index (χ0) is 19.0. The number of imide groups is 1. The Labute approximate surface area is 157 Å². The second-order valence-electron chi connectivity index (χ2n) is 7.84. The molecule has 2 fully saturated rings. The number of nitrogens with one attached hydrogen (secondary N) is 2. The third-order valence-corrected chi connectivity index (χ3v) is 6.09. The molecule has 2 bridgehead atoms. The first-order valence-electron chi connectivity index (χ1n) is 9.56. The van der Waals surface area contributed by atoms with E-state index in [1.807, 2.05) is 6.92 Å². The molecule has 7 nitrogen and oxygen atoms in total. The molecule has 0 spiro atoms. The Hall–Kier alpha value is -2.70. The molecule has 0 aliphatic heterocycles. The molecule has 0 radical (unpaired) electrons. The summed E-state index contributed by atoms with van der Waals surface area (Å²) in [5, 5.41) is 5.67. The summed E-state index contributed by atoms with van der Waals surface area (Å²) in [6, 6.07) is 6.50. The molecule has 1 aromatic carbocycles. The number of hydrogen-bond donors (Lipinski definition) is 2. The fourth-order valence-electron chi connectivity index (χ4n) is 4.80. The fourth-order valence-corrected chi connectivity index (χ4v) is 4.80. The highest BCUT2D eigenvalue weighted by atomic mass is 16.2. The maximum absolute atomic E-state index is 12.4. The van der Waals surface area contributed by atoms with Gasteiger partial charge in [0.15, 0.2) is 0 Å². The van der Waals surface area contributed by atoms with Gasteiger partial charge in [-0.15, -0.1) is 0 Å². The van der Waals surface area contributed by atoms with Gasteiger partial charge in [0, 0.05) is 6.04 Å². The third kappa shape index (κ3) is 3.59. The van der Waals surface area contributed by atoms with Gasteiger partial charge in [-0.2, -0.15) is 0 Å². The Kier molecular flexibility index (Phi) is 4.68. The summed E-state index contributed by atoms with van der Waals surface area (Å²) >= 11 is 0. The van der Waals surface area contributed by atoms with Gasteiger partial charge in [0.05, 0.1) is 17.2 Å². The summed E-state index contributed by atoms with van der Waals surface area (Å²) in [7, 11) is 0. The Bertz CT molecular complexity index is 938. The number of aromatic nitrogens is 2. The van der Waals surface area contributed by atoms with Crippen LogP contribution < -0.4 is 16.2 Å². The standard InChI is InChI=1S/C20H24N4O3/c1-12(16-9-13-6-7-14(16)8-13)22-20(27)23-18(25)10-24-11-21-17-5-3-2-4-15(17)19(24)26/h2-5,11-14,16H,6-10H2,1H3,(H2,22,23,25,27)/t12-,13+,14+,16-/m1/s1. The number of fused-ring (bicyclic) bond motifs is 3. The van der Waals surface area contributed by atoms with Gasteiger partial charge in [-0.1, -0.05) is 18.6 Å². The van der Waals surface area contributed by atoms with Crippen molar-refractivity contribution in [3.63, 3.8) is 0 Å². The van der Waals surface area contributed by atoms with Crippen molar-refractivity contribution in [3.8, 4) is 0 Å². The molecular weight excluding hydrogens is 344 g/mol. The number of rotatable bonds is 4. The first-order valence-corrected chi connectivity index (χ1v) is 9.56. The van der Waals surface area contributed by atoms with Crippen molar-refractivity contribution in [2.45, 2.75) is 45.2 Å². The molecule has 27 heavy (non-hydrogen) atoms. The lowest BCUT2D eigenvalue weighted by atomic mass is 9.84. The highest BCUT2D eigenvalue weighted by molar-refractivity contribution is 5.94. The molecule has 1 aromatic heterocycles. The van der Waals surface area contributed by atoms with Crippen molar-refractivity contribution in [3.05, 3.63) is 40.9 Å². The van der Waals surface area contributed by atoms with Gasteiger partial charge in [-0.3, -0.25) is 19.5 Å². The van der Waals surface area contributed by atoms with E-state index in [1.165, 1.54) is 30.2 Å². The number of benzene rings is 1. The van der Waals surface area contributed by atoms with Gasteiger partial charge in [0.25, 0.3) is 5.56 Å². The van der Waals surface area contributed by atoms with Crippen LogP contribution in [0.4, 0.5) is 4.79 Å². The summed E-state index contributed by atoms with van der Waals surface area (Å²) in [5.74, 6) is 1.47. The lowest BCUT2D eigenvalue weighted by Crippen LogP contribution is -2.48. The Morgan fingerprint density at radius 2 is 2.07 bits per heavy atom. The monoisotopic (exact) mass is 368 g/mol. The van der Waals surface area contributed by atoms with Crippen LogP contribution >= 0.6 is 0 Å². The summed E-state index contributed by atoms with van der Waals surface area (Å²) in [6.07, 6.45) is 6.33. The van der Waals surface area contributed by atoms with Crippen LogP contribution in [0.3, 0.4) is 0 Å². The summed E-state index contributed by atoms with van der Waals surface area (Å²) in [5.41, 5.74) is 0.281. The summed E-state index contributed by atoms with van der Waals surface area (Å²) < 4.78 is 1.21. The molecular formula is C20H24N4O3. The molecule has 0 saturated heterocycles. The van der Waals surface area contributed by atoms with Gasteiger partial charge < -0.3 is 5.32 Å². The van der Waals surface area contributed by atoms with E-state index in [4.69, 9.17) is 0 Å². The van der Waals surface area contributed by atoms with Gasteiger partial charge in [-0.25, -0.2) is 9.78 Å². The average molecular weight is 368 g/mol. The minimum atomic E-state index is -0.535. The number of nitrogens with zero attached hydrogens (tertiary/aromatic N) is 2. The van der Waals surface area contributed by atoms with Crippen molar-refractivity contribution in [1.29, 1.82) is 0 Å². The van der Waals surface area contributed by atoms with E-state index in [9.17, 15) is 14.4 Å². The van der Waals surface area contributed by atoms with Gasteiger partial charge in [0.2, 0.25) is 5.91 Å². The van der Waals surface area contributed by atoms with Crippen molar-refractivity contribution in [2.75, 3.05) is 0 Å². The van der Waals surface area contributed by atoms with E-state index in [-0.39, 0.29) is 18.1 Å². The molecule has 2 aromatic rings. The number of hydrogen-bond acceptors (Lipinski definition) is 4. The predicted molar refractivity (Wildman–Crippen MR) is 101 cm³/mol. The lowest BCUT2D eigenvalue weighted by molar-refractivity contribution is -0.120. The van der Waals surface area contributed by atoms with Crippen LogP contribution in [0.5, 0.6) is 0 Å². The summed E-state index contributed by atoms with van der Waals surface area (Å²) in [6.45, 7) is 1.76. The Morgan fingerprint density at radius 1 is 1.26 bits per heavy atom. The highest BCUT2D eigenvalue weighted by Gasteiger charge is 2.42. The highest BCUT2D eigenvalue weighted by Crippen LogP contribution is 2.49. The zero-order valence-corrected chi connectivity index (χ0v) is 15.4. The van der Waals surface area contributed by atoms with Crippen LogP contribution in [0.2, 0.25) is 0 Å². The third-order valence-electron chi connectivity index (χ3n) is 6.09. The molecule has 142 valence electrons. The van der Waals surface area contributed by atoms with Crippen LogP contribution in [-0.2, 0) is 11.3 Å². The average Bonchev–Trinajstić information content (AvgIpc) is 3.27. The molecule has 2 aliphatic carbocycles. The minimum Gasteiger partial charge on any atom is -0.335 e. The topological polar surface area (TPSA) is 93.1 Å². The molecule has 3 amide bonds. The maximum Gasteiger partial charge on any atom is 0.321 e. The number of carbonyl (C=O) groups is 2. The number of carbonyl (C=O) groups excluding carboxylic acids is 2. The van der Waals surface area contributed by atoms with Crippen molar-refractivity contribution < 1.29 is 9.59 Å². The number of para-hydroxylation sites is 1. The van der Waals surface area contributed by atoms with Crippen LogP contribution in [0, 0.1) is 17.8 Å². The van der Waals surface area contributed by atoms with E-state index in [1.54, 1.807) is 24.3 Å². The largest absolute Gasteiger partial charge is 0.335 e. The van der Waals surface area contributed by atoms with Crippen molar-refractivity contribution in [2.24, 2.45) is 17.8 Å². The molecule has 2 saturated carbocycles. The fraction of sp³-hybridized carbons (Fsp3) is 0.500. The lowest BCUT2D eigenvalue weighted by Gasteiger charge is -2.28. The Morgan fingerprint density at radius 3 is 2.81 bits per heavy atom. The SMILES string of the molecule is C[C@@H](NC(=O)NC(=O)Cn1cnc2ccccc2c1=O)[C@H]1C[C@H]2CC[C@H]1C2. The predicted octanol–water partition coefficient (Wildman–Crippen LogP) is 2.05. The maximum atomic E-state index is 12.4. The summed E-state index contributed by atoms with van der Waals surface area (Å²) in [4.78, 5) is 40.9. The van der Waals surface area contributed by atoms with Crippen molar-refractivity contribution >= 4 is 22.8 Å². The first-order chi connectivity index (χ1) is 13.0. The Balaban J connectivity index is 1.34. The number of urea groups is 1. The first kappa shape index (κ1) is 17.7. The number of amides is 3. The van der Waals surface area contributed by atoms with Gasteiger partial charge in [-0.05, 0) is 56.1 Å². The molecule has 1 heterocycles.